The van der Waals surface area contributed by atoms with Crippen LogP contribution in [0.15, 0.2) is 76.6 Å². The molecule has 0 radical (unpaired) electrons. The molecule has 0 saturated heterocycles. The fraction of sp³-hybridized carbons (Fsp3) is 0.160. The molecule has 172 valence electrons. The quantitative estimate of drug-likeness (QED) is 0.371. The van der Waals surface area contributed by atoms with Crippen molar-refractivity contribution in [1.29, 1.82) is 0 Å². The van der Waals surface area contributed by atoms with Crippen molar-refractivity contribution in [3.63, 3.8) is 0 Å². The highest BCUT2D eigenvalue weighted by molar-refractivity contribution is 7.22. The molecule has 4 aromatic rings. The largest absolute Gasteiger partial charge is 0.503 e. The van der Waals surface area contributed by atoms with Crippen LogP contribution >= 0.6 is 11.3 Å². The minimum Gasteiger partial charge on any atom is -0.503 e. The maximum Gasteiger partial charge on any atom is 0.296 e. The Balaban J connectivity index is 1.64. The molecule has 0 unspecified atom stereocenters. The number of methoxy groups -OCH3 is 1. The molecule has 0 spiro atoms. The summed E-state index contributed by atoms with van der Waals surface area (Å²) in [5, 5.41) is 11.2. The molecule has 8 nitrogen and oxygen atoms in total. The lowest BCUT2D eigenvalue weighted by Gasteiger charge is -2.24. The molecule has 1 aliphatic heterocycles. The SMILES string of the molecule is CCOc1ccc2nc(N3C(=O)C(O)=C(C(=O)c4ccco4)[C@H]3c3ccc(OC)cc3)sc2c1. The Hall–Kier alpha value is -4.11. The first-order valence-corrected chi connectivity index (χ1v) is 11.4. The molecule has 0 fully saturated rings. The average Bonchev–Trinajstić information content (AvgIpc) is 3.58. The molecule has 34 heavy (non-hydrogen) atoms. The van der Waals surface area contributed by atoms with E-state index in [1.807, 2.05) is 25.1 Å². The standard InChI is InChI=1S/C25H20N2O6S/c1-3-32-16-10-11-17-19(13-16)34-25(26-17)27-21(14-6-8-15(31-2)9-7-14)20(23(29)24(27)30)22(28)18-5-4-12-33-18/h4-13,21,29H,3H2,1-2H3/t21-/m1/s1. The Morgan fingerprint density at radius 1 is 1.18 bits per heavy atom. The van der Waals surface area contributed by atoms with Crippen molar-refractivity contribution in [3.8, 4) is 11.5 Å². The number of furan rings is 1. The van der Waals surface area contributed by atoms with E-state index in [1.165, 1.54) is 28.6 Å². The lowest BCUT2D eigenvalue weighted by Crippen LogP contribution is -2.30. The molecular formula is C25H20N2O6S. The first kappa shape index (κ1) is 21.7. The summed E-state index contributed by atoms with van der Waals surface area (Å²) < 4.78 is 16.9. The summed E-state index contributed by atoms with van der Waals surface area (Å²) in [6, 6.07) is 14.6. The zero-order chi connectivity index (χ0) is 23.8. The van der Waals surface area contributed by atoms with Crippen molar-refractivity contribution in [2.75, 3.05) is 18.6 Å². The normalized spacial score (nSPS) is 15.9. The van der Waals surface area contributed by atoms with E-state index in [4.69, 9.17) is 13.9 Å². The number of benzene rings is 2. The van der Waals surface area contributed by atoms with Gasteiger partial charge in [0.15, 0.2) is 16.7 Å². The molecule has 1 atom stereocenters. The molecule has 5 rings (SSSR count). The first-order valence-electron chi connectivity index (χ1n) is 10.5. The molecular weight excluding hydrogens is 456 g/mol. The Kier molecular flexibility index (Phi) is 5.54. The molecule has 2 aromatic heterocycles. The number of Topliss-reactive ketones (excluding diaryl/α,β-unsaturated/α-hetero) is 1. The van der Waals surface area contributed by atoms with E-state index >= 15 is 0 Å². The number of ether oxygens (including phenoxy) is 2. The van der Waals surface area contributed by atoms with Crippen LogP contribution in [0.25, 0.3) is 10.2 Å². The van der Waals surface area contributed by atoms with Gasteiger partial charge in [0.25, 0.3) is 5.91 Å². The molecule has 1 N–H and O–H groups in total. The van der Waals surface area contributed by atoms with Gasteiger partial charge >= 0.3 is 0 Å². The number of thiazole rings is 1. The van der Waals surface area contributed by atoms with Gasteiger partial charge in [-0.05, 0) is 55.0 Å². The second kappa shape index (κ2) is 8.68. The fourth-order valence-corrected chi connectivity index (χ4v) is 4.95. The first-order chi connectivity index (χ1) is 16.5. The van der Waals surface area contributed by atoms with Gasteiger partial charge < -0.3 is 19.0 Å². The van der Waals surface area contributed by atoms with E-state index in [9.17, 15) is 14.7 Å². The molecule has 0 saturated carbocycles. The molecule has 1 aliphatic rings. The van der Waals surface area contributed by atoms with Crippen molar-refractivity contribution in [2.45, 2.75) is 13.0 Å². The maximum absolute atomic E-state index is 13.3. The second-order valence-corrected chi connectivity index (χ2v) is 8.49. The Morgan fingerprint density at radius 2 is 1.94 bits per heavy atom. The zero-order valence-electron chi connectivity index (χ0n) is 18.3. The Morgan fingerprint density at radius 3 is 2.62 bits per heavy atom. The van der Waals surface area contributed by atoms with Gasteiger partial charge in [-0.15, -0.1) is 0 Å². The predicted octanol–water partition coefficient (Wildman–Crippen LogP) is 5.08. The van der Waals surface area contributed by atoms with Crippen LogP contribution in [0.4, 0.5) is 5.13 Å². The topological polar surface area (TPSA) is 102 Å². The summed E-state index contributed by atoms with van der Waals surface area (Å²) in [4.78, 5) is 32.5. The monoisotopic (exact) mass is 476 g/mol. The van der Waals surface area contributed by atoms with Gasteiger partial charge in [-0.1, -0.05) is 23.5 Å². The van der Waals surface area contributed by atoms with E-state index < -0.39 is 23.5 Å². The summed E-state index contributed by atoms with van der Waals surface area (Å²) >= 11 is 1.27. The number of carbonyl (C=O) groups is 2. The van der Waals surface area contributed by atoms with Crippen LogP contribution in [0.1, 0.15) is 29.1 Å². The lowest BCUT2D eigenvalue weighted by molar-refractivity contribution is -0.117. The van der Waals surface area contributed by atoms with Crippen LogP contribution in [0.3, 0.4) is 0 Å². The van der Waals surface area contributed by atoms with Gasteiger partial charge in [0.2, 0.25) is 5.78 Å². The number of aromatic nitrogens is 1. The van der Waals surface area contributed by atoms with Crippen molar-refractivity contribution in [2.24, 2.45) is 0 Å². The van der Waals surface area contributed by atoms with Crippen molar-refractivity contribution < 1.29 is 28.6 Å². The van der Waals surface area contributed by atoms with E-state index in [0.717, 1.165) is 4.70 Å². The van der Waals surface area contributed by atoms with E-state index in [1.54, 1.807) is 37.4 Å². The highest BCUT2D eigenvalue weighted by atomic mass is 32.1. The maximum atomic E-state index is 13.3. The Labute approximate surface area is 198 Å². The van der Waals surface area contributed by atoms with Crippen LogP contribution in [-0.4, -0.2) is 35.5 Å². The van der Waals surface area contributed by atoms with Crippen LogP contribution in [0.5, 0.6) is 11.5 Å². The number of hydrogen-bond donors (Lipinski definition) is 1. The number of aliphatic hydroxyl groups excluding tert-OH is 1. The summed E-state index contributed by atoms with van der Waals surface area (Å²) in [6.07, 6.45) is 1.37. The number of ketones is 1. The number of nitrogens with zero attached hydrogens (tertiary/aromatic N) is 2. The van der Waals surface area contributed by atoms with Crippen LogP contribution in [-0.2, 0) is 4.79 Å². The molecule has 0 bridgehead atoms. The molecule has 2 aromatic carbocycles. The molecule has 1 amide bonds. The number of aliphatic hydroxyl groups is 1. The van der Waals surface area contributed by atoms with E-state index in [2.05, 4.69) is 4.98 Å². The van der Waals surface area contributed by atoms with Crippen LogP contribution < -0.4 is 14.4 Å². The number of rotatable bonds is 7. The average molecular weight is 477 g/mol. The summed E-state index contributed by atoms with van der Waals surface area (Å²) in [5.74, 6) is -0.565. The minimum atomic E-state index is -0.900. The van der Waals surface area contributed by atoms with Crippen LogP contribution in [0, 0.1) is 0 Å². The van der Waals surface area contributed by atoms with E-state index in [0.29, 0.717) is 34.3 Å². The zero-order valence-corrected chi connectivity index (χ0v) is 19.2. The van der Waals surface area contributed by atoms with E-state index in [-0.39, 0.29) is 11.3 Å². The van der Waals surface area contributed by atoms with Gasteiger partial charge in [0.05, 0.1) is 41.8 Å². The van der Waals surface area contributed by atoms with Crippen molar-refractivity contribution in [1.82, 2.24) is 4.98 Å². The highest BCUT2D eigenvalue weighted by Crippen LogP contribution is 2.44. The second-order valence-electron chi connectivity index (χ2n) is 7.48. The van der Waals surface area contributed by atoms with Gasteiger partial charge in [0.1, 0.15) is 11.5 Å². The van der Waals surface area contributed by atoms with Crippen molar-refractivity contribution in [3.05, 3.63) is 83.5 Å². The number of fused-ring (bicyclic) bond motifs is 1. The van der Waals surface area contributed by atoms with Gasteiger partial charge in [-0.3, -0.25) is 14.5 Å². The molecule has 3 heterocycles. The smallest absolute Gasteiger partial charge is 0.296 e. The molecule has 0 aliphatic carbocycles. The third-order valence-corrected chi connectivity index (χ3v) is 6.51. The summed E-state index contributed by atoms with van der Waals surface area (Å²) in [6.45, 7) is 2.42. The highest BCUT2D eigenvalue weighted by Gasteiger charge is 2.46. The lowest BCUT2D eigenvalue weighted by atomic mass is 9.95. The number of hydrogen-bond acceptors (Lipinski definition) is 8. The van der Waals surface area contributed by atoms with Gasteiger partial charge in [0, 0.05) is 0 Å². The number of amides is 1. The van der Waals surface area contributed by atoms with Crippen LogP contribution in [0.2, 0.25) is 0 Å². The molecule has 9 heteroatoms. The Bertz CT molecular complexity index is 1410. The van der Waals surface area contributed by atoms with Gasteiger partial charge in [-0.2, -0.15) is 0 Å². The van der Waals surface area contributed by atoms with Gasteiger partial charge in [-0.25, -0.2) is 4.98 Å². The summed E-state index contributed by atoms with van der Waals surface area (Å²) in [7, 11) is 1.55. The van der Waals surface area contributed by atoms with Crippen molar-refractivity contribution >= 4 is 38.4 Å². The number of carbonyl (C=O) groups excluding carboxylic acids is 2. The third-order valence-electron chi connectivity index (χ3n) is 5.49. The fourth-order valence-electron chi connectivity index (χ4n) is 3.93. The third kappa shape index (κ3) is 3.60. The number of anilines is 1. The predicted molar refractivity (Wildman–Crippen MR) is 127 cm³/mol. The summed E-state index contributed by atoms with van der Waals surface area (Å²) in [5.41, 5.74) is 1.22. The minimum absolute atomic E-state index is 0.0281.